The second-order valence-corrected chi connectivity index (χ2v) is 4.94. The van der Waals surface area contributed by atoms with Crippen LogP contribution in [0.2, 0.25) is 0 Å². The molecule has 1 aliphatic rings. The molecule has 3 N–H and O–H groups in total. The van der Waals surface area contributed by atoms with Gasteiger partial charge in [0.1, 0.15) is 0 Å². The summed E-state index contributed by atoms with van der Waals surface area (Å²) in [4.78, 5) is 22.9. The van der Waals surface area contributed by atoms with Crippen molar-refractivity contribution in [1.82, 2.24) is 16.0 Å². The molecule has 0 atom stereocenters. The van der Waals surface area contributed by atoms with Gasteiger partial charge in [0.2, 0.25) is 11.8 Å². The van der Waals surface area contributed by atoms with E-state index in [4.69, 9.17) is 9.47 Å². The van der Waals surface area contributed by atoms with Gasteiger partial charge in [-0.25, -0.2) is 0 Å². The molecule has 1 heterocycles. The van der Waals surface area contributed by atoms with Crippen LogP contribution in [0.3, 0.4) is 0 Å². The van der Waals surface area contributed by atoms with Crippen molar-refractivity contribution in [1.29, 1.82) is 0 Å². The smallest absolute Gasteiger partial charge is 0.233 e. The summed E-state index contributed by atoms with van der Waals surface area (Å²) in [6.45, 7) is 4.25. The molecule has 0 bridgehead atoms. The number of amides is 2. The number of carbonyl (C=O) groups excluding carboxylic acids is 2. The van der Waals surface area contributed by atoms with E-state index >= 15 is 0 Å². The highest BCUT2D eigenvalue weighted by molar-refractivity contribution is 5.81. The molecule has 7 nitrogen and oxygen atoms in total. The topological polar surface area (TPSA) is 88.7 Å². The summed E-state index contributed by atoms with van der Waals surface area (Å²) < 4.78 is 10.9. The molecule has 0 spiro atoms. The predicted molar refractivity (Wildman–Crippen MR) is 79.0 cm³/mol. The summed E-state index contributed by atoms with van der Waals surface area (Å²) in [6.07, 6.45) is 3.55. The number of hydrogen-bond acceptors (Lipinski definition) is 5. The molecule has 1 fully saturated rings. The van der Waals surface area contributed by atoms with Gasteiger partial charge < -0.3 is 20.1 Å². The molecule has 2 amide bonds. The van der Waals surface area contributed by atoms with Crippen LogP contribution in [0.4, 0.5) is 0 Å². The van der Waals surface area contributed by atoms with Crippen LogP contribution in [0, 0.1) is 0 Å². The zero-order valence-electron chi connectivity index (χ0n) is 12.6. The second kappa shape index (κ2) is 12.6. The fourth-order valence-electron chi connectivity index (χ4n) is 1.83. The minimum Gasteiger partial charge on any atom is -0.381 e. The van der Waals surface area contributed by atoms with E-state index in [2.05, 4.69) is 16.0 Å². The highest BCUT2D eigenvalue weighted by Crippen LogP contribution is 1.93. The molecule has 0 aromatic carbocycles. The molecule has 1 rings (SSSR count). The molecular weight excluding hydrogens is 274 g/mol. The van der Waals surface area contributed by atoms with Gasteiger partial charge in [0.05, 0.1) is 13.1 Å². The lowest BCUT2D eigenvalue weighted by Gasteiger charge is -2.07. The van der Waals surface area contributed by atoms with Gasteiger partial charge in [-0.1, -0.05) is 0 Å². The first-order chi connectivity index (χ1) is 10.3. The number of carbonyl (C=O) groups is 2. The highest BCUT2D eigenvalue weighted by atomic mass is 16.5. The fraction of sp³-hybridized carbons (Fsp3) is 0.857. The van der Waals surface area contributed by atoms with Crippen molar-refractivity contribution in [3.05, 3.63) is 0 Å². The van der Waals surface area contributed by atoms with Crippen molar-refractivity contribution in [2.24, 2.45) is 0 Å². The second-order valence-electron chi connectivity index (χ2n) is 4.94. The Hall–Kier alpha value is -1.18. The third kappa shape index (κ3) is 11.2. The van der Waals surface area contributed by atoms with Crippen LogP contribution in [-0.4, -0.2) is 64.4 Å². The van der Waals surface area contributed by atoms with Gasteiger partial charge >= 0.3 is 0 Å². The largest absolute Gasteiger partial charge is 0.381 e. The first kappa shape index (κ1) is 17.9. The lowest BCUT2D eigenvalue weighted by Crippen LogP contribution is -2.40. The highest BCUT2D eigenvalue weighted by Gasteiger charge is 2.04. The lowest BCUT2D eigenvalue weighted by atomic mass is 10.3. The van der Waals surface area contributed by atoms with E-state index < -0.39 is 0 Å². The minimum atomic E-state index is -0.103. The van der Waals surface area contributed by atoms with Crippen molar-refractivity contribution >= 4 is 11.8 Å². The summed E-state index contributed by atoms with van der Waals surface area (Å²) >= 11 is 0. The van der Waals surface area contributed by atoms with Gasteiger partial charge in [-0.05, 0) is 25.7 Å². The van der Waals surface area contributed by atoms with Crippen molar-refractivity contribution < 1.29 is 19.1 Å². The van der Waals surface area contributed by atoms with E-state index in [1.54, 1.807) is 0 Å². The van der Waals surface area contributed by atoms with Gasteiger partial charge in [0, 0.05) is 39.5 Å². The lowest BCUT2D eigenvalue weighted by molar-refractivity contribution is -0.121. The predicted octanol–water partition coefficient (Wildman–Crippen LogP) is -0.584. The molecule has 0 aromatic heterocycles. The Morgan fingerprint density at radius 2 is 1.10 bits per heavy atom. The molecular formula is C14H27N3O4. The van der Waals surface area contributed by atoms with E-state index in [1.807, 2.05) is 0 Å². The van der Waals surface area contributed by atoms with Gasteiger partial charge in [-0.15, -0.1) is 0 Å². The fourth-order valence-corrected chi connectivity index (χ4v) is 1.83. The molecule has 0 unspecified atom stereocenters. The Bertz CT molecular complexity index is 272. The number of nitrogens with one attached hydrogen (secondary N) is 3. The van der Waals surface area contributed by atoms with Gasteiger partial charge in [0.15, 0.2) is 0 Å². The summed E-state index contributed by atoms with van der Waals surface area (Å²) in [6, 6.07) is 0. The number of ether oxygens (including phenoxy) is 2. The standard InChI is InChI=1S/C14H27N3O4/c18-13-11-15-12-14(19)17-6-4-10-21-8-2-1-7-20-9-3-5-16-13/h15H,1-12H2,(H,16,18)(H,17,19). The maximum Gasteiger partial charge on any atom is 0.233 e. The molecule has 0 radical (unpaired) electrons. The monoisotopic (exact) mass is 301 g/mol. The Morgan fingerprint density at radius 1 is 0.667 bits per heavy atom. The van der Waals surface area contributed by atoms with Crippen LogP contribution in [0.1, 0.15) is 25.7 Å². The SMILES string of the molecule is O=C1CNCC(=O)NCCCOCCCCOCCCN1. The normalized spacial score (nSPS) is 22.3. The van der Waals surface area contributed by atoms with Crippen LogP contribution in [0.5, 0.6) is 0 Å². The minimum absolute atomic E-state index is 0.103. The third-order valence-corrected chi connectivity index (χ3v) is 2.97. The van der Waals surface area contributed by atoms with Crippen molar-refractivity contribution in [3.63, 3.8) is 0 Å². The van der Waals surface area contributed by atoms with E-state index in [9.17, 15) is 9.59 Å². The number of rotatable bonds is 0. The van der Waals surface area contributed by atoms with Crippen LogP contribution >= 0.6 is 0 Å². The van der Waals surface area contributed by atoms with Gasteiger partial charge in [-0.2, -0.15) is 0 Å². The number of hydrogen-bond donors (Lipinski definition) is 3. The van der Waals surface area contributed by atoms with Crippen LogP contribution in [0.25, 0.3) is 0 Å². The zero-order valence-corrected chi connectivity index (χ0v) is 12.6. The first-order valence-corrected chi connectivity index (χ1v) is 7.68. The summed E-state index contributed by atoms with van der Waals surface area (Å²) in [5.41, 5.74) is 0. The maximum absolute atomic E-state index is 11.5. The van der Waals surface area contributed by atoms with E-state index in [0.717, 1.165) is 38.9 Å². The quantitative estimate of drug-likeness (QED) is 0.557. The molecule has 0 aromatic rings. The molecule has 7 heteroatoms. The van der Waals surface area contributed by atoms with Crippen LogP contribution in [-0.2, 0) is 19.1 Å². The zero-order chi connectivity index (χ0) is 15.2. The maximum atomic E-state index is 11.5. The molecule has 21 heavy (non-hydrogen) atoms. The average molecular weight is 301 g/mol. The Kier molecular flexibility index (Phi) is 10.7. The average Bonchev–Trinajstić information content (AvgIpc) is 2.47. The van der Waals surface area contributed by atoms with E-state index in [1.165, 1.54) is 0 Å². The van der Waals surface area contributed by atoms with Gasteiger partial charge in [-0.3, -0.25) is 14.9 Å². The Labute approximate surface area is 126 Å². The first-order valence-electron chi connectivity index (χ1n) is 7.68. The third-order valence-electron chi connectivity index (χ3n) is 2.97. The molecule has 0 aliphatic carbocycles. The van der Waals surface area contributed by atoms with Crippen molar-refractivity contribution in [2.75, 3.05) is 52.6 Å². The summed E-state index contributed by atoms with van der Waals surface area (Å²) in [7, 11) is 0. The Morgan fingerprint density at radius 3 is 1.57 bits per heavy atom. The van der Waals surface area contributed by atoms with Crippen molar-refractivity contribution in [3.8, 4) is 0 Å². The van der Waals surface area contributed by atoms with Gasteiger partial charge in [0.25, 0.3) is 0 Å². The summed E-state index contributed by atoms with van der Waals surface area (Å²) in [5, 5.41) is 8.37. The van der Waals surface area contributed by atoms with Crippen LogP contribution in [0.15, 0.2) is 0 Å². The molecule has 122 valence electrons. The van der Waals surface area contributed by atoms with E-state index in [-0.39, 0.29) is 24.9 Å². The van der Waals surface area contributed by atoms with Crippen molar-refractivity contribution in [2.45, 2.75) is 25.7 Å². The van der Waals surface area contributed by atoms with Crippen LogP contribution < -0.4 is 16.0 Å². The van der Waals surface area contributed by atoms with E-state index in [0.29, 0.717) is 26.3 Å². The summed E-state index contributed by atoms with van der Waals surface area (Å²) in [5.74, 6) is -0.205. The molecule has 1 aliphatic heterocycles. The Balaban J connectivity index is 2.20. The molecule has 1 saturated heterocycles. The molecule has 0 saturated carbocycles.